The van der Waals surface area contributed by atoms with Crippen LogP contribution in [0.15, 0.2) is 24.4 Å². The molecule has 1 aromatic heterocycles. The Morgan fingerprint density at radius 2 is 2.16 bits per heavy atom. The number of fused-ring (bicyclic) bond motifs is 1. The number of carbonyl (C=O) groups is 1. The lowest BCUT2D eigenvalue weighted by Gasteiger charge is -2.22. The molecule has 0 radical (unpaired) electrons. The van der Waals surface area contributed by atoms with Crippen LogP contribution in [0.3, 0.4) is 0 Å². The summed E-state index contributed by atoms with van der Waals surface area (Å²) in [5, 5.41) is 14.7. The number of nitrogens with zero attached hydrogens (tertiary/aromatic N) is 3. The van der Waals surface area contributed by atoms with Gasteiger partial charge in [0.2, 0.25) is 0 Å². The molecule has 1 amide bonds. The third-order valence-corrected chi connectivity index (χ3v) is 5.18. The van der Waals surface area contributed by atoms with Gasteiger partial charge >= 0.3 is 0 Å². The molecule has 2 N–H and O–H groups in total. The molecule has 7 heteroatoms. The number of methoxy groups -OCH3 is 1. The van der Waals surface area contributed by atoms with Crippen molar-refractivity contribution in [3.8, 4) is 5.75 Å². The number of rotatable bonds is 4. The minimum absolute atomic E-state index is 0.00151. The standard InChI is InChI=1S/C18H23N5O2/c1-25-17-4-2-3-13-14(17)5-6-15(13)20-18(24)16-11-23(22-21-16)12-7-9-19-10-8-12/h2-4,11-12,15,19H,5-10H2,1H3,(H,20,24). The maximum atomic E-state index is 12.6. The van der Waals surface area contributed by atoms with E-state index in [0.29, 0.717) is 11.7 Å². The topological polar surface area (TPSA) is 81.1 Å². The van der Waals surface area contributed by atoms with E-state index in [-0.39, 0.29) is 11.9 Å². The Hall–Kier alpha value is -2.41. The largest absolute Gasteiger partial charge is 0.496 e. The number of ether oxygens (including phenoxy) is 1. The fraction of sp³-hybridized carbons (Fsp3) is 0.500. The predicted molar refractivity (Wildman–Crippen MR) is 92.7 cm³/mol. The lowest BCUT2D eigenvalue weighted by Crippen LogP contribution is -2.29. The van der Waals surface area contributed by atoms with Crippen molar-refractivity contribution < 1.29 is 9.53 Å². The third-order valence-electron chi connectivity index (χ3n) is 5.18. The van der Waals surface area contributed by atoms with Crippen LogP contribution in [0, 0.1) is 0 Å². The maximum absolute atomic E-state index is 12.6. The SMILES string of the molecule is COc1cccc2c1CCC2NC(=O)c1cn(C2CCNCC2)nn1. The van der Waals surface area contributed by atoms with E-state index in [1.807, 2.05) is 16.8 Å². The van der Waals surface area contributed by atoms with Crippen LogP contribution in [-0.4, -0.2) is 41.1 Å². The van der Waals surface area contributed by atoms with Crippen LogP contribution in [-0.2, 0) is 6.42 Å². The van der Waals surface area contributed by atoms with E-state index in [0.717, 1.165) is 50.1 Å². The molecule has 1 unspecified atom stereocenters. The predicted octanol–water partition coefficient (Wildman–Crippen LogP) is 1.63. The number of piperidine rings is 1. The first kappa shape index (κ1) is 16.1. The molecule has 1 atom stereocenters. The van der Waals surface area contributed by atoms with Crippen molar-refractivity contribution in [3.63, 3.8) is 0 Å². The van der Waals surface area contributed by atoms with Crippen LogP contribution in [0.2, 0.25) is 0 Å². The van der Waals surface area contributed by atoms with Gasteiger partial charge in [-0.15, -0.1) is 5.10 Å². The molecule has 0 spiro atoms. The van der Waals surface area contributed by atoms with E-state index < -0.39 is 0 Å². The first-order valence-corrected chi connectivity index (χ1v) is 8.85. The molecule has 4 rings (SSSR count). The lowest BCUT2D eigenvalue weighted by molar-refractivity contribution is 0.0931. The van der Waals surface area contributed by atoms with Gasteiger partial charge in [-0.3, -0.25) is 4.79 Å². The zero-order valence-corrected chi connectivity index (χ0v) is 14.4. The van der Waals surface area contributed by atoms with Gasteiger partial charge in [-0.1, -0.05) is 17.3 Å². The number of aromatic nitrogens is 3. The number of nitrogens with one attached hydrogen (secondary N) is 2. The number of carbonyl (C=O) groups excluding carboxylic acids is 1. The molecule has 1 fully saturated rings. The second-order valence-corrected chi connectivity index (χ2v) is 6.66. The van der Waals surface area contributed by atoms with Gasteiger partial charge in [0.05, 0.1) is 25.4 Å². The summed E-state index contributed by atoms with van der Waals surface area (Å²) < 4.78 is 7.26. The molecule has 25 heavy (non-hydrogen) atoms. The summed E-state index contributed by atoms with van der Waals surface area (Å²) >= 11 is 0. The van der Waals surface area contributed by atoms with Crippen LogP contribution < -0.4 is 15.4 Å². The average Bonchev–Trinajstić information content (AvgIpc) is 3.30. The molecule has 132 valence electrons. The molecular formula is C18H23N5O2. The molecule has 0 bridgehead atoms. The summed E-state index contributed by atoms with van der Waals surface area (Å²) in [5.74, 6) is 0.729. The second-order valence-electron chi connectivity index (χ2n) is 6.66. The Morgan fingerprint density at radius 3 is 2.96 bits per heavy atom. The van der Waals surface area contributed by atoms with Crippen LogP contribution in [0.1, 0.15) is 53.0 Å². The van der Waals surface area contributed by atoms with Crippen LogP contribution >= 0.6 is 0 Å². The summed E-state index contributed by atoms with van der Waals surface area (Å²) in [4.78, 5) is 12.6. The number of benzene rings is 1. The maximum Gasteiger partial charge on any atom is 0.273 e. The highest BCUT2D eigenvalue weighted by Gasteiger charge is 2.27. The van der Waals surface area contributed by atoms with E-state index in [1.54, 1.807) is 13.3 Å². The van der Waals surface area contributed by atoms with Crippen molar-refractivity contribution in [2.75, 3.05) is 20.2 Å². The number of amides is 1. The van der Waals surface area contributed by atoms with Crippen molar-refractivity contribution >= 4 is 5.91 Å². The van der Waals surface area contributed by atoms with Gasteiger partial charge in [-0.05, 0) is 56.0 Å². The Kier molecular flexibility index (Phi) is 4.40. The van der Waals surface area contributed by atoms with Crippen LogP contribution in [0.25, 0.3) is 0 Å². The van der Waals surface area contributed by atoms with Crippen molar-refractivity contribution in [1.82, 2.24) is 25.6 Å². The number of hydrogen-bond donors (Lipinski definition) is 2. The summed E-state index contributed by atoms with van der Waals surface area (Å²) in [6.07, 6.45) is 5.59. The quantitative estimate of drug-likeness (QED) is 0.883. The molecule has 0 saturated carbocycles. The molecule has 1 aromatic carbocycles. The van der Waals surface area contributed by atoms with Gasteiger partial charge in [0.1, 0.15) is 5.75 Å². The average molecular weight is 341 g/mol. The zero-order valence-electron chi connectivity index (χ0n) is 14.4. The number of hydrogen-bond acceptors (Lipinski definition) is 5. The third kappa shape index (κ3) is 3.11. The summed E-state index contributed by atoms with van der Waals surface area (Å²) in [6, 6.07) is 6.32. The van der Waals surface area contributed by atoms with Gasteiger partial charge in [0, 0.05) is 0 Å². The molecule has 2 heterocycles. The van der Waals surface area contributed by atoms with E-state index in [9.17, 15) is 4.79 Å². The summed E-state index contributed by atoms with van der Waals surface area (Å²) in [6.45, 7) is 1.96. The van der Waals surface area contributed by atoms with E-state index in [1.165, 1.54) is 5.56 Å². The van der Waals surface area contributed by atoms with E-state index in [4.69, 9.17) is 4.74 Å². The van der Waals surface area contributed by atoms with Gasteiger partial charge in [-0.2, -0.15) is 0 Å². The van der Waals surface area contributed by atoms with Crippen molar-refractivity contribution in [1.29, 1.82) is 0 Å². The van der Waals surface area contributed by atoms with Crippen LogP contribution in [0.4, 0.5) is 0 Å². The molecule has 1 aliphatic heterocycles. The monoisotopic (exact) mass is 341 g/mol. The second kappa shape index (κ2) is 6.84. The van der Waals surface area contributed by atoms with Gasteiger partial charge in [0.25, 0.3) is 5.91 Å². The van der Waals surface area contributed by atoms with E-state index in [2.05, 4.69) is 27.0 Å². The Morgan fingerprint density at radius 1 is 1.32 bits per heavy atom. The Labute approximate surface area is 146 Å². The molecule has 1 saturated heterocycles. The van der Waals surface area contributed by atoms with Crippen molar-refractivity contribution in [2.45, 2.75) is 37.8 Å². The van der Waals surface area contributed by atoms with Crippen molar-refractivity contribution in [2.24, 2.45) is 0 Å². The molecule has 7 nitrogen and oxygen atoms in total. The zero-order chi connectivity index (χ0) is 17.2. The van der Waals surface area contributed by atoms with Gasteiger partial charge in [0.15, 0.2) is 5.69 Å². The fourth-order valence-corrected chi connectivity index (χ4v) is 3.82. The fourth-order valence-electron chi connectivity index (χ4n) is 3.82. The molecule has 1 aliphatic carbocycles. The Balaban J connectivity index is 1.46. The highest BCUT2D eigenvalue weighted by atomic mass is 16.5. The van der Waals surface area contributed by atoms with Crippen LogP contribution in [0.5, 0.6) is 5.75 Å². The molecular weight excluding hydrogens is 318 g/mol. The van der Waals surface area contributed by atoms with E-state index >= 15 is 0 Å². The van der Waals surface area contributed by atoms with Gasteiger partial charge < -0.3 is 15.4 Å². The molecule has 2 aromatic rings. The first-order valence-electron chi connectivity index (χ1n) is 8.85. The lowest BCUT2D eigenvalue weighted by atomic mass is 10.1. The smallest absolute Gasteiger partial charge is 0.273 e. The van der Waals surface area contributed by atoms with Crippen molar-refractivity contribution in [3.05, 3.63) is 41.2 Å². The van der Waals surface area contributed by atoms with Gasteiger partial charge in [-0.25, -0.2) is 4.68 Å². The first-order chi connectivity index (χ1) is 12.3. The highest BCUT2D eigenvalue weighted by molar-refractivity contribution is 5.92. The Bertz CT molecular complexity index is 767. The minimum Gasteiger partial charge on any atom is -0.496 e. The minimum atomic E-state index is -0.166. The normalized spacial score (nSPS) is 20.3. The molecule has 2 aliphatic rings. The highest BCUT2D eigenvalue weighted by Crippen LogP contribution is 2.36. The summed E-state index contributed by atoms with van der Waals surface area (Å²) in [5.41, 5.74) is 2.71. The summed E-state index contributed by atoms with van der Waals surface area (Å²) in [7, 11) is 1.68.